The van der Waals surface area contributed by atoms with Gasteiger partial charge in [0.2, 0.25) is 6.29 Å². The van der Waals surface area contributed by atoms with Crippen molar-refractivity contribution in [2.45, 2.75) is 38.0 Å². The van der Waals surface area contributed by atoms with Gasteiger partial charge in [0.1, 0.15) is 5.82 Å². The first-order valence-corrected chi connectivity index (χ1v) is 12.4. The topological polar surface area (TPSA) is 96.5 Å². The number of aliphatic hydroxyl groups excluding tert-OH is 1. The van der Waals surface area contributed by atoms with Gasteiger partial charge in [0.05, 0.1) is 24.2 Å². The van der Waals surface area contributed by atoms with Crippen molar-refractivity contribution in [1.82, 2.24) is 15.3 Å². The van der Waals surface area contributed by atoms with Gasteiger partial charge in [0.15, 0.2) is 5.76 Å². The van der Waals surface area contributed by atoms with Crippen LogP contribution in [0.3, 0.4) is 0 Å². The van der Waals surface area contributed by atoms with E-state index in [0.717, 1.165) is 17.5 Å². The standard InChI is InChI=1S/C26H27N3O4S/c30-11-5-6-12-32-25-14-17(19-16-34-23-10-4-1-7-18(19)23)13-22(33-25)26(31)27-15-24-28-20-8-2-3-9-21(20)29-24/h1-4,7-10,13,16-17,25,30H,5-6,11-12,14-15H2,(H,27,31)(H,28,29)/t17-,25+/m0/s1. The Hall–Kier alpha value is -3.20. The number of amides is 1. The van der Waals surface area contributed by atoms with Crippen LogP contribution in [0.25, 0.3) is 21.1 Å². The number of aliphatic hydroxyl groups is 1. The normalized spacial score (nSPS) is 18.1. The predicted octanol–water partition coefficient (Wildman–Crippen LogP) is 4.60. The van der Waals surface area contributed by atoms with Crippen molar-refractivity contribution in [3.05, 3.63) is 77.1 Å². The summed E-state index contributed by atoms with van der Waals surface area (Å²) < 4.78 is 13.1. The van der Waals surface area contributed by atoms with Gasteiger partial charge in [0.25, 0.3) is 5.91 Å². The zero-order valence-corrected chi connectivity index (χ0v) is 19.5. The maximum absolute atomic E-state index is 13.1. The van der Waals surface area contributed by atoms with E-state index >= 15 is 0 Å². The van der Waals surface area contributed by atoms with Crippen molar-refractivity contribution in [2.75, 3.05) is 13.2 Å². The van der Waals surface area contributed by atoms with E-state index in [0.29, 0.717) is 25.3 Å². The summed E-state index contributed by atoms with van der Waals surface area (Å²) in [7, 11) is 0. The summed E-state index contributed by atoms with van der Waals surface area (Å²) in [6, 6.07) is 16.0. The molecule has 34 heavy (non-hydrogen) atoms. The number of hydrogen-bond acceptors (Lipinski definition) is 6. The molecule has 176 valence electrons. The van der Waals surface area contributed by atoms with Crippen LogP contribution in [0.15, 0.2) is 65.7 Å². The molecular weight excluding hydrogens is 450 g/mol. The lowest BCUT2D eigenvalue weighted by Crippen LogP contribution is -2.33. The first-order valence-electron chi connectivity index (χ1n) is 11.5. The predicted molar refractivity (Wildman–Crippen MR) is 132 cm³/mol. The Morgan fingerprint density at radius 1 is 1.21 bits per heavy atom. The summed E-state index contributed by atoms with van der Waals surface area (Å²) in [6.45, 7) is 0.867. The minimum atomic E-state index is -0.528. The molecule has 4 aromatic rings. The van der Waals surface area contributed by atoms with Crippen LogP contribution in [0.4, 0.5) is 0 Å². The largest absolute Gasteiger partial charge is 0.459 e. The van der Waals surface area contributed by atoms with Gasteiger partial charge in [-0.05, 0) is 53.4 Å². The molecule has 2 atom stereocenters. The van der Waals surface area contributed by atoms with Gasteiger partial charge in [-0.3, -0.25) is 4.79 Å². The quantitative estimate of drug-likeness (QED) is 0.306. The number of H-pyrrole nitrogens is 1. The van der Waals surface area contributed by atoms with Crippen molar-refractivity contribution >= 4 is 38.4 Å². The lowest BCUT2D eigenvalue weighted by Gasteiger charge is -2.29. The average Bonchev–Trinajstić information content (AvgIpc) is 3.49. The van der Waals surface area contributed by atoms with Crippen LogP contribution in [0.2, 0.25) is 0 Å². The highest BCUT2D eigenvalue weighted by Crippen LogP contribution is 2.38. The lowest BCUT2D eigenvalue weighted by molar-refractivity contribution is -0.146. The number of carbonyl (C=O) groups excluding carboxylic acids is 1. The molecule has 1 aliphatic heterocycles. The van der Waals surface area contributed by atoms with Crippen molar-refractivity contribution in [3.8, 4) is 0 Å². The van der Waals surface area contributed by atoms with Gasteiger partial charge in [-0.15, -0.1) is 11.3 Å². The second-order valence-electron chi connectivity index (χ2n) is 8.29. The minimum absolute atomic E-state index is 0.000285. The molecule has 3 N–H and O–H groups in total. The summed E-state index contributed by atoms with van der Waals surface area (Å²) in [5.74, 6) is 0.645. The number of benzene rings is 2. The summed E-state index contributed by atoms with van der Waals surface area (Å²) in [5, 5.41) is 15.3. The minimum Gasteiger partial charge on any atom is -0.459 e. The molecule has 3 heterocycles. The Kier molecular flexibility index (Phi) is 6.89. The third-order valence-corrected chi connectivity index (χ3v) is 6.88. The number of para-hydroxylation sites is 2. The van der Waals surface area contributed by atoms with Gasteiger partial charge in [-0.2, -0.15) is 0 Å². The summed E-state index contributed by atoms with van der Waals surface area (Å²) in [6.07, 6.45) is 3.40. The van der Waals surface area contributed by atoms with E-state index in [1.807, 2.05) is 42.5 Å². The Morgan fingerprint density at radius 2 is 2.06 bits per heavy atom. The van der Waals surface area contributed by atoms with Crippen LogP contribution in [0.1, 0.15) is 36.6 Å². The number of carbonyl (C=O) groups is 1. The van der Waals surface area contributed by atoms with Gasteiger partial charge < -0.3 is 24.9 Å². The maximum Gasteiger partial charge on any atom is 0.286 e. The zero-order valence-electron chi connectivity index (χ0n) is 18.7. The molecule has 2 aromatic heterocycles. The zero-order chi connectivity index (χ0) is 23.3. The molecule has 5 rings (SSSR count). The smallest absolute Gasteiger partial charge is 0.286 e. The average molecular weight is 478 g/mol. The van der Waals surface area contributed by atoms with Crippen molar-refractivity contribution in [3.63, 3.8) is 0 Å². The number of rotatable bonds is 9. The number of nitrogens with zero attached hydrogens (tertiary/aromatic N) is 1. The highest BCUT2D eigenvalue weighted by molar-refractivity contribution is 7.17. The fourth-order valence-electron chi connectivity index (χ4n) is 4.19. The van der Waals surface area contributed by atoms with Crippen LogP contribution in [-0.4, -0.2) is 40.5 Å². The van der Waals surface area contributed by atoms with Crippen molar-refractivity contribution < 1.29 is 19.4 Å². The Morgan fingerprint density at radius 3 is 2.94 bits per heavy atom. The molecule has 7 nitrogen and oxygen atoms in total. The molecule has 2 aromatic carbocycles. The number of aromatic amines is 1. The van der Waals surface area contributed by atoms with E-state index in [9.17, 15) is 4.79 Å². The number of allylic oxidation sites excluding steroid dienone is 1. The Bertz CT molecular complexity index is 1280. The molecule has 0 saturated heterocycles. The van der Waals surface area contributed by atoms with E-state index in [1.165, 1.54) is 15.6 Å². The first kappa shape index (κ1) is 22.6. The van der Waals surface area contributed by atoms with Crippen molar-refractivity contribution in [1.29, 1.82) is 0 Å². The van der Waals surface area contributed by atoms with E-state index in [-0.39, 0.29) is 30.7 Å². The fraction of sp³-hybridized carbons (Fsp3) is 0.308. The summed E-state index contributed by atoms with van der Waals surface area (Å²) in [4.78, 5) is 20.8. The van der Waals surface area contributed by atoms with Gasteiger partial charge in [0, 0.05) is 23.6 Å². The lowest BCUT2D eigenvalue weighted by atomic mass is 9.92. The van der Waals surface area contributed by atoms with Crippen LogP contribution < -0.4 is 5.32 Å². The molecule has 0 saturated carbocycles. The SMILES string of the molecule is O=C(NCc1nc2ccccc2[nH]1)C1=C[C@H](c2csc3ccccc23)C[C@H](OCCCCO)O1. The van der Waals surface area contributed by atoms with Crippen LogP contribution in [0.5, 0.6) is 0 Å². The Balaban J connectivity index is 1.33. The summed E-state index contributed by atoms with van der Waals surface area (Å²) in [5.41, 5.74) is 2.97. The van der Waals surface area contributed by atoms with E-state index < -0.39 is 6.29 Å². The molecule has 0 unspecified atom stereocenters. The molecule has 0 spiro atoms. The Labute approximate surface area is 201 Å². The number of ether oxygens (including phenoxy) is 2. The van der Waals surface area contributed by atoms with E-state index in [2.05, 4.69) is 32.8 Å². The number of imidazole rings is 1. The first-order chi connectivity index (χ1) is 16.7. The van der Waals surface area contributed by atoms with Crippen molar-refractivity contribution in [2.24, 2.45) is 0 Å². The number of aromatic nitrogens is 2. The van der Waals surface area contributed by atoms with Crippen LogP contribution >= 0.6 is 11.3 Å². The maximum atomic E-state index is 13.1. The fourth-order valence-corrected chi connectivity index (χ4v) is 5.22. The highest BCUT2D eigenvalue weighted by atomic mass is 32.1. The second kappa shape index (κ2) is 10.4. The molecule has 0 aliphatic carbocycles. The van der Waals surface area contributed by atoms with Gasteiger partial charge in [-0.25, -0.2) is 4.98 Å². The molecule has 0 bridgehead atoms. The number of thiophene rings is 1. The number of unbranched alkanes of at least 4 members (excludes halogenated alkanes) is 1. The molecule has 8 heteroatoms. The number of hydrogen-bond donors (Lipinski definition) is 3. The summed E-state index contributed by atoms with van der Waals surface area (Å²) >= 11 is 1.70. The molecule has 0 radical (unpaired) electrons. The van der Waals surface area contributed by atoms with E-state index in [4.69, 9.17) is 14.6 Å². The highest BCUT2D eigenvalue weighted by Gasteiger charge is 2.30. The second-order valence-corrected chi connectivity index (χ2v) is 9.20. The monoisotopic (exact) mass is 477 g/mol. The van der Waals surface area contributed by atoms with Crippen LogP contribution in [-0.2, 0) is 20.8 Å². The van der Waals surface area contributed by atoms with Crippen LogP contribution in [0, 0.1) is 0 Å². The molecular formula is C26H27N3O4S. The number of fused-ring (bicyclic) bond motifs is 2. The van der Waals surface area contributed by atoms with Gasteiger partial charge >= 0.3 is 0 Å². The third-order valence-electron chi connectivity index (χ3n) is 5.90. The van der Waals surface area contributed by atoms with Gasteiger partial charge in [-0.1, -0.05) is 30.3 Å². The molecule has 0 fully saturated rings. The molecule has 1 aliphatic rings. The third kappa shape index (κ3) is 4.99. The van der Waals surface area contributed by atoms with E-state index in [1.54, 1.807) is 11.3 Å². The molecule has 1 amide bonds. The number of nitrogens with one attached hydrogen (secondary N) is 2.